The number of carbonyl (C=O) groups is 1. The number of nitrogens with zero attached hydrogens (tertiary/aromatic N) is 1. The molecule has 0 saturated carbocycles. The van der Waals surface area contributed by atoms with E-state index >= 15 is 0 Å². The number of rotatable bonds is 4. The first-order valence-corrected chi connectivity index (χ1v) is 7.84. The SMILES string of the molecule is C=CCc1c(CCC)n(C(=O)OC(C)(C)C)c2ccccc12. The van der Waals surface area contributed by atoms with Crippen molar-refractivity contribution in [3.8, 4) is 0 Å². The van der Waals surface area contributed by atoms with E-state index in [2.05, 4.69) is 19.6 Å². The molecule has 0 atom stereocenters. The molecule has 0 spiro atoms. The van der Waals surface area contributed by atoms with E-state index in [0.717, 1.165) is 35.9 Å². The minimum absolute atomic E-state index is 0.303. The highest BCUT2D eigenvalue weighted by Crippen LogP contribution is 2.29. The van der Waals surface area contributed by atoms with Crippen LogP contribution in [0.3, 0.4) is 0 Å². The van der Waals surface area contributed by atoms with Gasteiger partial charge in [0.2, 0.25) is 0 Å². The molecule has 0 fully saturated rings. The summed E-state index contributed by atoms with van der Waals surface area (Å²) in [5, 5.41) is 1.11. The number of hydrogen-bond acceptors (Lipinski definition) is 2. The van der Waals surface area contributed by atoms with Gasteiger partial charge in [-0.2, -0.15) is 0 Å². The van der Waals surface area contributed by atoms with Crippen molar-refractivity contribution in [3.63, 3.8) is 0 Å². The summed E-state index contributed by atoms with van der Waals surface area (Å²) in [6.07, 6.45) is 4.16. The molecule has 0 aliphatic carbocycles. The van der Waals surface area contributed by atoms with Crippen LogP contribution in [0.15, 0.2) is 36.9 Å². The summed E-state index contributed by atoms with van der Waals surface area (Å²) >= 11 is 0. The van der Waals surface area contributed by atoms with E-state index in [-0.39, 0.29) is 6.09 Å². The zero-order chi connectivity index (χ0) is 16.3. The fourth-order valence-electron chi connectivity index (χ4n) is 2.75. The summed E-state index contributed by atoms with van der Waals surface area (Å²) in [7, 11) is 0. The van der Waals surface area contributed by atoms with Gasteiger partial charge in [0.15, 0.2) is 0 Å². The number of hydrogen-bond donors (Lipinski definition) is 0. The first-order valence-electron chi connectivity index (χ1n) is 7.84. The van der Waals surface area contributed by atoms with E-state index < -0.39 is 5.60 Å². The average molecular weight is 299 g/mol. The maximum Gasteiger partial charge on any atom is 0.419 e. The molecule has 0 amide bonds. The van der Waals surface area contributed by atoms with Crippen molar-refractivity contribution >= 4 is 17.0 Å². The second kappa shape index (κ2) is 6.39. The summed E-state index contributed by atoms with van der Waals surface area (Å²) in [5.41, 5.74) is 2.62. The number of carbonyl (C=O) groups excluding carboxylic acids is 1. The van der Waals surface area contributed by atoms with E-state index in [0.29, 0.717) is 0 Å². The third kappa shape index (κ3) is 3.24. The van der Waals surface area contributed by atoms with E-state index in [9.17, 15) is 4.79 Å². The van der Waals surface area contributed by atoms with Crippen LogP contribution in [-0.4, -0.2) is 16.3 Å². The highest BCUT2D eigenvalue weighted by atomic mass is 16.6. The van der Waals surface area contributed by atoms with Crippen LogP contribution in [0.25, 0.3) is 10.9 Å². The van der Waals surface area contributed by atoms with Crippen LogP contribution in [0.2, 0.25) is 0 Å². The van der Waals surface area contributed by atoms with Gasteiger partial charge in [-0.3, -0.25) is 0 Å². The third-order valence-electron chi connectivity index (χ3n) is 3.50. The minimum atomic E-state index is -0.509. The number of benzene rings is 1. The van der Waals surface area contributed by atoms with Gasteiger partial charge in [0.25, 0.3) is 0 Å². The predicted molar refractivity (Wildman–Crippen MR) is 91.5 cm³/mol. The fraction of sp³-hybridized carbons (Fsp3) is 0.421. The molecule has 2 rings (SSSR count). The van der Waals surface area contributed by atoms with Crippen LogP contribution in [0.5, 0.6) is 0 Å². The molecule has 0 bridgehead atoms. The number of allylic oxidation sites excluding steroid dienone is 1. The molecular formula is C19H25NO2. The van der Waals surface area contributed by atoms with Gasteiger partial charge in [0, 0.05) is 11.1 Å². The lowest BCUT2D eigenvalue weighted by atomic mass is 10.1. The Hall–Kier alpha value is -2.03. The molecule has 2 aromatic rings. The second-order valence-electron chi connectivity index (χ2n) is 6.50. The monoisotopic (exact) mass is 299 g/mol. The number of fused-ring (bicyclic) bond motifs is 1. The molecule has 0 unspecified atom stereocenters. The van der Waals surface area contributed by atoms with Crippen molar-refractivity contribution < 1.29 is 9.53 Å². The zero-order valence-electron chi connectivity index (χ0n) is 14.0. The molecule has 3 heteroatoms. The Morgan fingerprint density at radius 3 is 2.59 bits per heavy atom. The van der Waals surface area contributed by atoms with Gasteiger partial charge in [0.05, 0.1) is 5.52 Å². The fourth-order valence-corrected chi connectivity index (χ4v) is 2.75. The van der Waals surface area contributed by atoms with Gasteiger partial charge >= 0.3 is 6.09 Å². The van der Waals surface area contributed by atoms with Crippen molar-refractivity contribution in [1.82, 2.24) is 4.57 Å². The predicted octanol–water partition coefficient (Wildman–Crippen LogP) is 5.11. The van der Waals surface area contributed by atoms with Crippen LogP contribution >= 0.6 is 0 Å². The first kappa shape index (κ1) is 16.3. The van der Waals surface area contributed by atoms with Gasteiger partial charge in [-0.1, -0.05) is 37.6 Å². The Labute approximate surface area is 132 Å². The lowest BCUT2D eigenvalue weighted by Gasteiger charge is -2.21. The topological polar surface area (TPSA) is 31.2 Å². The van der Waals surface area contributed by atoms with Crippen LogP contribution in [0.1, 0.15) is 45.4 Å². The van der Waals surface area contributed by atoms with Gasteiger partial charge in [-0.15, -0.1) is 6.58 Å². The highest BCUT2D eigenvalue weighted by Gasteiger charge is 2.24. The molecule has 0 saturated heterocycles. The second-order valence-corrected chi connectivity index (χ2v) is 6.50. The van der Waals surface area contributed by atoms with Crippen LogP contribution in [0, 0.1) is 0 Å². The molecule has 0 aliphatic heterocycles. The molecule has 118 valence electrons. The van der Waals surface area contributed by atoms with E-state index in [1.807, 2.05) is 45.0 Å². The summed E-state index contributed by atoms with van der Waals surface area (Å²) in [5.74, 6) is 0. The normalized spacial score (nSPS) is 11.6. The molecule has 1 heterocycles. The molecule has 1 aromatic carbocycles. The Morgan fingerprint density at radius 1 is 1.32 bits per heavy atom. The molecule has 0 radical (unpaired) electrons. The molecule has 3 nitrogen and oxygen atoms in total. The lowest BCUT2D eigenvalue weighted by molar-refractivity contribution is 0.0540. The standard InChI is InChI=1S/C19H25NO2/c1-6-10-14-15-12-8-9-13-17(15)20(16(14)11-7-2)18(21)22-19(3,4)5/h6,8-9,12-13H,1,7,10-11H2,2-5H3. The smallest absolute Gasteiger partial charge is 0.419 e. The van der Waals surface area contributed by atoms with Crippen molar-refractivity contribution in [2.45, 2.75) is 52.6 Å². The zero-order valence-corrected chi connectivity index (χ0v) is 14.0. The average Bonchev–Trinajstić information content (AvgIpc) is 2.72. The molecule has 0 aliphatic rings. The summed E-state index contributed by atoms with van der Waals surface area (Å²) in [6.45, 7) is 11.6. The van der Waals surface area contributed by atoms with E-state index in [1.165, 1.54) is 5.56 Å². The Bertz CT molecular complexity index is 689. The van der Waals surface area contributed by atoms with Crippen LogP contribution in [-0.2, 0) is 17.6 Å². The Morgan fingerprint density at radius 2 is 2.00 bits per heavy atom. The highest BCUT2D eigenvalue weighted by molar-refractivity contribution is 5.94. The van der Waals surface area contributed by atoms with Gasteiger partial charge in [-0.25, -0.2) is 9.36 Å². The van der Waals surface area contributed by atoms with Gasteiger partial charge < -0.3 is 4.74 Å². The summed E-state index contributed by atoms with van der Waals surface area (Å²) in [6, 6.07) is 8.00. The molecular weight excluding hydrogens is 274 g/mol. The maximum atomic E-state index is 12.7. The van der Waals surface area contributed by atoms with E-state index in [1.54, 1.807) is 4.57 Å². The Kier molecular flexibility index (Phi) is 4.74. The van der Waals surface area contributed by atoms with Crippen molar-refractivity contribution in [1.29, 1.82) is 0 Å². The third-order valence-corrected chi connectivity index (χ3v) is 3.50. The van der Waals surface area contributed by atoms with Crippen molar-refractivity contribution in [3.05, 3.63) is 48.2 Å². The summed E-state index contributed by atoms with van der Waals surface area (Å²) in [4.78, 5) is 12.7. The Balaban J connectivity index is 2.67. The molecule has 22 heavy (non-hydrogen) atoms. The van der Waals surface area contributed by atoms with Gasteiger partial charge in [-0.05, 0) is 45.2 Å². The molecule has 1 aromatic heterocycles. The number of ether oxygens (including phenoxy) is 1. The lowest BCUT2D eigenvalue weighted by Crippen LogP contribution is -2.28. The number of aromatic nitrogens is 1. The largest absolute Gasteiger partial charge is 0.443 e. The van der Waals surface area contributed by atoms with Crippen molar-refractivity contribution in [2.75, 3.05) is 0 Å². The summed E-state index contributed by atoms with van der Waals surface area (Å²) < 4.78 is 7.35. The first-order chi connectivity index (χ1) is 10.4. The quantitative estimate of drug-likeness (QED) is 0.735. The number of para-hydroxylation sites is 1. The van der Waals surface area contributed by atoms with Crippen LogP contribution < -0.4 is 0 Å². The minimum Gasteiger partial charge on any atom is -0.443 e. The molecule has 0 N–H and O–H groups in total. The van der Waals surface area contributed by atoms with Gasteiger partial charge in [0.1, 0.15) is 5.60 Å². The maximum absolute atomic E-state index is 12.7. The van der Waals surface area contributed by atoms with Crippen molar-refractivity contribution in [2.24, 2.45) is 0 Å². The van der Waals surface area contributed by atoms with E-state index in [4.69, 9.17) is 4.74 Å². The van der Waals surface area contributed by atoms with Crippen LogP contribution in [0.4, 0.5) is 4.79 Å².